The standard InChI is InChI=1S/C11H13F2NO5S/c1-6-3-8(13)9(4-7(6)12)20(18,19)14-5-11(2,17)10(15)16/h3-4,14,17H,5H2,1-2H3,(H,15,16). The first kappa shape index (κ1) is 16.5. The van der Waals surface area contributed by atoms with Gasteiger partial charge in [0.05, 0.1) is 6.54 Å². The van der Waals surface area contributed by atoms with Crippen LogP contribution in [0.3, 0.4) is 0 Å². The highest BCUT2D eigenvalue weighted by molar-refractivity contribution is 7.89. The third-order valence-corrected chi connectivity index (χ3v) is 3.99. The molecule has 3 N–H and O–H groups in total. The lowest BCUT2D eigenvalue weighted by Gasteiger charge is -2.18. The fourth-order valence-electron chi connectivity index (χ4n) is 1.22. The van der Waals surface area contributed by atoms with E-state index in [1.54, 1.807) is 4.72 Å². The van der Waals surface area contributed by atoms with Crippen LogP contribution in [0.2, 0.25) is 0 Å². The first-order chi connectivity index (χ1) is 8.97. The summed E-state index contributed by atoms with van der Waals surface area (Å²) in [5.41, 5.74) is -2.44. The fraction of sp³-hybridized carbons (Fsp3) is 0.364. The highest BCUT2D eigenvalue weighted by Crippen LogP contribution is 2.19. The molecule has 9 heteroatoms. The molecule has 0 heterocycles. The Kier molecular flexibility index (Phi) is 4.47. The maximum Gasteiger partial charge on any atom is 0.336 e. The largest absolute Gasteiger partial charge is 0.479 e. The quantitative estimate of drug-likeness (QED) is 0.730. The molecule has 1 aromatic rings. The zero-order chi connectivity index (χ0) is 15.7. The number of halogens is 2. The van der Waals surface area contributed by atoms with Gasteiger partial charge in [-0.1, -0.05) is 0 Å². The zero-order valence-corrected chi connectivity index (χ0v) is 11.5. The average molecular weight is 309 g/mol. The number of sulfonamides is 1. The van der Waals surface area contributed by atoms with Crippen LogP contribution in [0, 0.1) is 18.6 Å². The second kappa shape index (κ2) is 5.43. The molecule has 1 rings (SSSR count). The van der Waals surface area contributed by atoms with Crippen LogP contribution in [0.4, 0.5) is 8.78 Å². The van der Waals surface area contributed by atoms with Gasteiger partial charge in [0.1, 0.15) is 16.5 Å². The highest BCUT2D eigenvalue weighted by Gasteiger charge is 2.32. The smallest absolute Gasteiger partial charge is 0.336 e. The minimum Gasteiger partial charge on any atom is -0.479 e. The molecule has 6 nitrogen and oxygen atoms in total. The summed E-state index contributed by atoms with van der Waals surface area (Å²) in [6.07, 6.45) is 0. The first-order valence-electron chi connectivity index (χ1n) is 5.38. The minimum atomic E-state index is -4.49. The van der Waals surface area contributed by atoms with Gasteiger partial charge in [-0.3, -0.25) is 0 Å². The van der Waals surface area contributed by atoms with E-state index in [0.717, 1.165) is 6.92 Å². The molecule has 0 spiro atoms. The van der Waals surface area contributed by atoms with Crippen molar-refractivity contribution >= 4 is 16.0 Å². The highest BCUT2D eigenvalue weighted by atomic mass is 32.2. The Morgan fingerprint density at radius 2 is 1.90 bits per heavy atom. The molecule has 0 saturated carbocycles. The maximum absolute atomic E-state index is 13.5. The molecule has 0 aromatic heterocycles. The summed E-state index contributed by atoms with van der Waals surface area (Å²) < 4.78 is 52.1. The number of aryl methyl sites for hydroxylation is 1. The Morgan fingerprint density at radius 3 is 2.40 bits per heavy atom. The molecule has 0 radical (unpaired) electrons. The van der Waals surface area contributed by atoms with Gasteiger partial charge >= 0.3 is 5.97 Å². The number of rotatable bonds is 5. The molecule has 1 atom stereocenters. The fourth-order valence-corrected chi connectivity index (χ4v) is 2.42. The summed E-state index contributed by atoms with van der Waals surface area (Å²) in [4.78, 5) is 9.66. The van der Waals surface area contributed by atoms with Crippen LogP contribution in [-0.4, -0.2) is 36.7 Å². The molecule has 0 aliphatic carbocycles. The second-order valence-corrected chi connectivity index (χ2v) is 6.17. The van der Waals surface area contributed by atoms with Gasteiger partial charge in [0.2, 0.25) is 10.0 Å². The summed E-state index contributed by atoms with van der Waals surface area (Å²) in [6, 6.07) is 1.20. The lowest BCUT2D eigenvalue weighted by atomic mass is 10.1. The summed E-state index contributed by atoms with van der Waals surface area (Å²) in [5.74, 6) is -3.75. The van der Waals surface area contributed by atoms with Crippen LogP contribution in [0.5, 0.6) is 0 Å². The Morgan fingerprint density at radius 1 is 1.35 bits per heavy atom. The number of hydrogen-bond donors (Lipinski definition) is 3. The van der Waals surface area contributed by atoms with Gasteiger partial charge in [-0.15, -0.1) is 0 Å². The van der Waals surface area contributed by atoms with Crippen LogP contribution in [-0.2, 0) is 14.8 Å². The third-order valence-electron chi connectivity index (χ3n) is 2.57. The van der Waals surface area contributed by atoms with E-state index in [1.165, 1.54) is 6.92 Å². The Balaban J connectivity index is 3.07. The van der Waals surface area contributed by atoms with Crippen LogP contribution in [0.15, 0.2) is 17.0 Å². The number of carboxylic acids is 1. The molecule has 20 heavy (non-hydrogen) atoms. The van der Waals surface area contributed by atoms with Crippen molar-refractivity contribution in [2.75, 3.05) is 6.54 Å². The molecule has 0 aliphatic heterocycles. The molecule has 112 valence electrons. The molecule has 0 amide bonds. The summed E-state index contributed by atoms with van der Waals surface area (Å²) in [6.45, 7) is 1.24. The van der Waals surface area contributed by atoms with Gasteiger partial charge in [0.25, 0.3) is 0 Å². The van der Waals surface area contributed by atoms with Gasteiger partial charge in [0.15, 0.2) is 5.60 Å². The molecule has 1 unspecified atom stereocenters. The predicted molar refractivity (Wildman–Crippen MR) is 64.5 cm³/mol. The number of aliphatic carboxylic acids is 1. The van der Waals surface area contributed by atoms with E-state index >= 15 is 0 Å². The number of hydrogen-bond acceptors (Lipinski definition) is 4. The van der Waals surface area contributed by atoms with Gasteiger partial charge in [-0.05, 0) is 31.5 Å². The van der Waals surface area contributed by atoms with Crippen LogP contribution in [0.1, 0.15) is 12.5 Å². The minimum absolute atomic E-state index is 0.0704. The van der Waals surface area contributed by atoms with E-state index < -0.39 is 44.7 Å². The van der Waals surface area contributed by atoms with Gasteiger partial charge < -0.3 is 10.2 Å². The summed E-state index contributed by atoms with van der Waals surface area (Å²) in [5, 5.41) is 18.0. The van der Waals surface area contributed by atoms with E-state index in [2.05, 4.69) is 0 Å². The lowest BCUT2D eigenvalue weighted by molar-refractivity contribution is -0.155. The van der Waals surface area contributed by atoms with Gasteiger partial charge in [0, 0.05) is 0 Å². The number of nitrogens with one attached hydrogen (secondary N) is 1. The van der Waals surface area contributed by atoms with Gasteiger partial charge in [-0.25, -0.2) is 26.7 Å². The van der Waals surface area contributed by atoms with Crippen LogP contribution in [0.25, 0.3) is 0 Å². The van der Waals surface area contributed by atoms with Crippen molar-refractivity contribution < 1.29 is 32.2 Å². The summed E-state index contributed by atoms with van der Waals surface area (Å²) >= 11 is 0. The normalized spacial score (nSPS) is 14.8. The van der Waals surface area contributed by atoms with Crippen molar-refractivity contribution in [2.24, 2.45) is 0 Å². The SMILES string of the molecule is Cc1cc(F)c(S(=O)(=O)NCC(C)(O)C(=O)O)cc1F. The maximum atomic E-state index is 13.5. The van der Waals surface area contributed by atoms with Crippen LogP contribution >= 0.6 is 0 Å². The lowest BCUT2D eigenvalue weighted by Crippen LogP contribution is -2.46. The predicted octanol–water partition coefficient (Wildman–Crippen LogP) is 0.387. The Bertz CT molecular complexity index is 642. The second-order valence-electron chi connectivity index (χ2n) is 4.44. The zero-order valence-electron chi connectivity index (χ0n) is 10.6. The molecule has 0 fully saturated rings. The van der Waals surface area contributed by atoms with E-state index in [1.807, 2.05) is 0 Å². The van der Waals surface area contributed by atoms with Crippen LogP contribution < -0.4 is 4.72 Å². The van der Waals surface area contributed by atoms with E-state index in [4.69, 9.17) is 5.11 Å². The molecule has 1 aromatic carbocycles. The average Bonchev–Trinajstić information content (AvgIpc) is 2.31. The third kappa shape index (κ3) is 3.50. The number of benzene rings is 1. The molecule has 0 bridgehead atoms. The molecular weight excluding hydrogens is 296 g/mol. The number of carboxylic acid groups (broad SMARTS) is 1. The van der Waals surface area contributed by atoms with E-state index in [0.29, 0.717) is 12.1 Å². The van der Waals surface area contributed by atoms with Crippen molar-refractivity contribution in [2.45, 2.75) is 24.3 Å². The first-order valence-corrected chi connectivity index (χ1v) is 6.87. The molecule has 0 aliphatic rings. The van der Waals surface area contributed by atoms with E-state index in [9.17, 15) is 27.1 Å². The van der Waals surface area contributed by atoms with Crippen molar-refractivity contribution in [1.29, 1.82) is 0 Å². The molecule has 0 saturated heterocycles. The molecular formula is C11H13F2NO5S. The van der Waals surface area contributed by atoms with Crippen molar-refractivity contribution in [1.82, 2.24) is 4.72 Å². The summed E-state index contributed by atoms with van der Waals surface area (Å²) in [7, 11) is -4.49. The number of aliphatic hydroxyl groups is 1. The topological polar surface area (TPSA) is 104 Å². The van der Waals surface area contributed by atoms with Gasteiger partial charge in [-0.2, -0.15) is 0 Å². The van der Waals surface area contributed by atoms with Crippen molar-refractivity contribution in [3.8, 4) is 0 Å². The number of carbonyl (C=O) groups is 1. The van der Waals surface area contributed by atoms with Crippen molar-refractivity contribution in [3.63, 3.8) is 0 Å². The Hall–Kier alpha value is -1.58. The van der Waals surface area contributed by atoms with Crippen molar-refractivity contribution in [3.05, 3.63) is 29.3 Å². The monoisotopic (exact) mass is 309 g/mol. The Labute approximate surface area is 114 Å². The van der Waals surface area contributed by atoms with E-state index in [-0.39, 0.29) is 5.56 Å².